The molecular weight excluding hydrogens is 270 g/mol. The van der Waals surface area contributed by atoms with Crippen LogP contribution in [0.1, 0.15) is 30.0 Å². The second-order valence-corrected chi connectivity index (χ2v) is 6.68. The Balaban J connectivity index is 1.64. The molecule has 0 bridgehead atoms. The molecule has 2 aromatic carbocycles. The monoisotopic (exact) mass is 295 g/mol. The van der Waals surface area contributed by atoms with Gasteiger partial charge in [-0.2, -0.15) is 0 Å². The van der Waals surface area contributed by atoms with E-state index in [9.17, 15) is 0 Å². The maximum Gasteiger partial charge on any atom is 0.0720 e. The fraction of sp³-hybridized carbons (Fsp3) is 0.400. The third-order valence-corrected chi connectivity index (χ3v) is 4.69. The maximum atomic E-state index is 5.84. The van der Waals surface area contributed by atoms with Gasteiger partial charge in [0.2, 0.25) is 0 Å². The van der Waals surface area contributed by atoms with Crippen molar-refractivity contribution in [1.82, 2.24) is 4.90 Å². The third kappa shape index (κ3) is 3.40. The summed E-state index contributed by atoms with van der Waals surface area (Å²) in [4.78, 5) is 2.40. The minimum Gasteiger partial charge on any atom is -0.376 e. The van der Waals surface area contributed by atoms with Crippen molar-refractivity contribution in [3.05, 3.63) is 71.3 Å². The van der Waals surface area contributed by atoms with E-state index < -0.39 is 0 Å². The SMILES string of the molecule is CN(CC[C@@]1(C)COCc2ccccc21)Cc1ccccc1. The van der Waals surface area contributed by atoms with Gasteiger partial charge in [0.05, 0.1) is 13.2 Å². The number of benzene rings is 2. The van der Waals surface area contributed by atoms with E-state index in [4.69, 9.17) is 4.74 Å². The molecule has 0 aromatic heterocycles. The van der Waals surface area contributed by atoms with Gasteiger partial charge < -0.3 is 9.64 Å². The molecule has 3 rings (SSSR count). The summed E-state index contributed by atoms with van der Waals surface area (Å²) in [6.45, 7) is 5.98. The van der Waals surface area contributed by atoms with E-state index in [1.807, 2.05) is 0 Å². The predicted molar refractivity (Wildman–Crippen MR) is 90.8 cm³/mol. The van der Waals surface area contributed by atoms with Crippen LogP contribution >= 0.6 is 0 Å². The summed E-state index contributed by atoms with van der Waals surface area (Å²) < 4.78 is 5.84. The highest BCUT2D eigenvalue weighted by atomic mass is 16.5. The maximum absolute atomic E-state index is 5.84. The number of hydrogen-bond acceptors (Lipinski definition) is 2. The van der Waals surface area contributed by atoms with Crippen LogP contribution in [0.4, 0.5) is 0 Å². The average Bonchev–Trinajstić information content (AvgIpc) is 2.55. The summed E-state index contributed by atoms with van der Waals surface area (Å²) in [7, 11) is 2.20. The Kier molecular flexibility index (Phi) is 4.60. The summed E-state index contributed by atoms with van der Waals surface area (Å²) in [5, 5.41) is 0. The molecule has 0 saturated carbocycles. The van der Waals surface area contributed by atoms with Crippen LogP contribution in [0.2, 0.25) is 0 Å². The highest BCUT2D eigenvalue weighted by Gasteiger charge is 2.32. The Bertz CT molecular complexity index is 610. The zero-order valence-electron chi connectivity index (χ0n) is 13.6. The quantitative estimate of drug-likeness (QED) is 0.827. The zero-order chi connectivity index (χ0) is 15.4. The number of rotatable bonds is 5. The van der Waals surface area contributed by atoms with Gasteiger partial charge in [-0.15, -0.1) is 0 Å². The van der Waals surface area contributed by atoms with Crippen molar-refractivity contribution in [3.63, 3.8) is 0 Å². The second-order valence-electron chi connectivity index (χ2n) is 6.68. The van der Waals surface area contributed by atoms with Gasteiger partial charge in [-0.05, 0) is 36.7 Å². The minimum atomic E-state index is 0.125. The van der Waals surface area contributed by atoms with Crippen molar-refractivity contribution < 1.29 is 4.74 Å². The number of hydrogen-bond donors (Lipinski definition) is 0. The van der Waals surface area contributed by atoms with Gasteiger partial charge >= 0.3 is 0 Å². The molecule has 0 amide bonds. The van der Waals surface area contributed by atoms with E-state index in [0.717, 1.165) is 32.7 Å². The third-order valence-electron chi connectivity index (χ3n) is 4.69. The number of nitrogens with zero attached hydrogens (tertiary/aromatic N) is 1. The van der Waals surface area contributed by atoms with Gasteiger partial charge in [0.25, 0.3) is 0 Å². The van der Waals surface area contributed by atoms with E-state index in [1.54, 1.807) is 0 Å². The molecule has 116 valence electrons. The van der Waals surface area contributed by atoms with E-state index in [-0.39, 0.29) is 5.41 Å². The lowest BCUT2D eigenvalue weighted by Gasteiger charge is -2.37. The molecule has 0 aliphatic carbocycles. The van der Waals surface area contributed by atoms with Crippen molar-refractivity contribution in [2.45, 2.75) is 31.9 Å². The van der Waals surface area contributed by atoms with E-state index >= 15 is 0 Å². The molecule has 0 unspecified atom stereocenters. The van der Waals surface area contributed by atoms with Crippen LogP contribution in [0.5, 0.6) is 0 Å². The van der Waals surface area contributed by atoms with Crippen LogP contribution in [0.3, 0.4) is 0 Å². The summed E-state index contributed by atoms with van der Waals surface area (Å²) in [6, 6.07) is 19.4. The van der Waals surface area contributed by atoms with Crippen molar-refractivity contribution in [2.24, 2.45) is 0 Å². The fourth-order valence-electron chi connectivity index (χ4n) is 3.32. The Morgan fingerprint density at radius 3 is 2.59 bits per heavy atom. The van der Waals surface area contributed by atoms with Crippen LogP contribution in [0, 0.1) is 0 Å². The summed E-state index contributed by atoms with van der Waals surface area (Å²) in [5.41, 5.74) is 4.31. The Morgan fingerprint density at radius 2 is 1.77 bits per heavy atom. The molecule has 2 heteroatoms. The molecule has 0 spiro atoms. The molecule has 0 saturated heterocycles. The van der Waals surface area contributed by atoms with Crippen molar-refractivity contribution in [1.29, 1.82) is 0 Å². The first-order valence-electron chi connectivity index (χ1n) is 8.06. The molecule has 22 heavy (non-hydrogen) atoms. The first kappa shape index (κ1) is 15.3. The molecule has 0 radical (unpaired) electrons. The smallest absolute Gasteiger partial charge is 0.0720 e. The molecule has 1 heterocycles. The Labute approximate surface area is 133 Å². The van der Waals surface area contributed by atoms with Crippen molar-refractivity contribution in [3.8, 4) is 0 Å². The topological polar surface area (TPSA) is 12.5 Å². The highest BCUT2D eigenvalue weighted by Crippen LogP contribution is 2.35. The van der Waals surface area contributed by atoms with Crippen LogP contribution in [-0.4, -0.2) is 25.1 Å². The average molecular weight is 295 g/mol. The molecule has 1 aliphatic heterocycles. The Hall–Kier alpha value is -1.64. The lowest BCUT2D eigenvalue weighted by atomic mass is 9.76. The van der Waals surface area contributed by atoms with Crippen LogP contribution in [-0.2, 0) is 23.3 Å². The molecule has 0 fully saturated rings. The van der Waals surface area contributed by atoms with Gasteiger partial charge in [0.15, 0.2) is 0 Å². The molecule has 2 aromatic rings. The number of ether oxygens (including phenoxy) is 1. The summed E-state index contributed by atoms with van der Waals surface area (Å²) in [6.07, 6.45) is 1.12. The fourth-order valence-corrected chi connectivity index (χ4v) is 3.32. The van der Waals surface area contributed by atoms with Gasteiger partial charge in [-0.1, -0.05) is 61.5 Å². The first-order chi connectivity index (χ1) is 10.7. The highest BCUT2D eigenvalue weighted by molar-refractivity contribution is 5.35. The normalized spacial score (nSPS) is 20.9. The van der Waals surface area contributed by atoms with Crippen molar-refractivity contribution in [2.75, 3.05) is 20.2 Å². The van der Waals surface area contributed by atoms with Gasteiger partial charge in [-0.3, -0.25) is 0 Å². The lowest BCUT2D eigenvalue weighted by Crippen LogP contribution is -2.36. The lowest BCUT2D eigenvalue weighted by molar-refractivity contribution is 0.0503. The van der Waals surface area contributed by atoms with E-state index in [2.05, 4.69) is 73.5 Å². The van der Waals surface area contributed by atoms with Crippen molar-refractivity contribution >= 4 is 0 Å². The van der Waals surface area contributed by atoms with Crippen LogP contribution in [0.15, 0.2) is 54.6 Å². The van der Waals surface area contributed by atoms with E-state index in [0.29, 0.717) is 0 Å². The first-order valence-corrected chi connectivity index (χ1v) is 8.06. The second kappa shape index (κ2) is 6.64. The predicted octanol–water partition coefficient (Wildman–Crippen LogP) is 4.00. The van der Waals surface area contributed by atoms with Gasteiger partial charge in [-0.25, -0.2) is 0 Å². The minimum absolute atomic E-state index is 0.125. The van der Waals surface area contributed by atoms with Crippen LogP contribution < -0.4 is 0 Å². The largest absolute Gasteiger partial charge is 0.376 e. The molecular formula is C20H25NO. The summed E-state index contributed by atoms with van der Waals surface area (Å²) in [5.74, 6) is 0. The summed E-state index contributed by atoms with van der Waals surface area (Å²) >= 11 is 0. The number of fused-ring (bicyclic) bond motifs is 1. The molecule has 1 atom stereocenters. The standard InChI is InChI=1S/C20H25NO/c1-20(16-22-15-18-10-6-7-11-19(18)20)12-13-21(2)14-17-8-4-3-5-9-17/h3-11H,12-16H2,1-2H3/t20-/m0/s1. The molecule has 2 nitrogen and oxygen atoms in total. The zero-order valence-corrected chi connectivity index (χ0v) is 13.6. The van der Waals surface area contributed by atoms with Crippen LogP contribution in [0.25, 0.3) is 0 Å². The van der Waals surface area contributed by atoms with Gasteiger partial charge in [0.1, 0.15) is 0 Å². The molecule has 1 aliphatic rings. The molecule has 0 N–H and O–H groups in total. The van der Waals surface area contributed by atoms with E-state index in [1.165, 1.54) is 16.7 Å². The van der Waals surface area contributed by atoms with Gasteiger partial charge in [0, 0.05) is 12.0 Å². The Morgan fingerprint density at radius 1 is 1.05 bits per heavy atom.